The minimum absolute atomic E-state index is 0.0818. The van der Waals surface area contributed by atoms with E-state index in [-0.39, 0.29) is 5.91 Å². The van der Waals surface area contributed by atoms with E-state index in [0.717, 1.165) is 18.5 Å². The molecule has 0 unspecified atom stereocenters. The number of carbonyl (C=O) groups excluding carboxylic acids is 1. The number of amides is 1. The van der Waals surface area contributed by atoms with Gasteiger partial charge in [-0.3, -0.25) is 4.79 Å². The third-order valence-electron chi connectivity index (χ3n) is 2.49. The Balaban J connectivity index is 2.46. The molecule has 0 heterocycles. The van der Waals surface area contributed by atoms with Gasteiger partial charge in [-0.25, -0.2) is 0 Å². The normalized spacial score (nSPS) is 10.3. The Bertz CT molecular complexity index is 368. The first kappa shape index (κ1) is 14.0. The summed E-state index contributed by atoms with van der Waals surface area (Å²) in [6.07, 6.45) is 1.03. The van der Waals surface area contributed by atoms with E-state index in [1.54, 1.807) is 11.9 Å². The first-order valence-corrected chi connectivity index (χ1v) is 6.21. The van der Waals surface area contributed by atoms with E-state index in [9.17, 15) is 4.79 Å². The van der Waals surface area contributed by atoms with Crippen molar-refractivity contribution in [3.05, 3.63) is 34.9 Å². The summed E-state index contributed by atoms with van der Waals surface area (Å²) in [7, 11) is 1.79. The second-order valence-electron chi connectivity index (χ2n) is 4.02. The molecule has 1 aromatic carbocycles. The highest BCUT2D eigenvalue weighted by atomic mass is 35.5. The zero-order valence-corrected chi connectivity index (χ0v) is 11.1. The summed E-state index contributed by atoms with van der Waals surface area (Å²) < 4.78 is 0. The number of halogens is 1. The Morgan fingerprint density at radius 3 is 2.76 bits per heavy atom. The van der Waals surface area contributed by atoms with Crippen molar-refractivity contribution < 1.29 is 4.79 Å². The molecule has 4 heteroatoms. The zero-order valence-electron chi connectivity index (χ0n) is 10.4. The van der Waals surface area contributed by atoms with Crippen molar-refractivity contribution in [2.75, 3.05) is 20.1 Å². The van der Waals surface area contributed by atoms with Crippen LogP contribution in [0.1, 0.15) is 18.9 Å². The largest absolute Gasteiger partial charge is 0.340 e. The van der Waals surface area contributed by atoms with Crippen LogP contribution in [0, 0.1) is 0 Å². The molecule has 0 aliphatic rings. The van der Waals surface area contributed by atoms with Crippen LogP contribution in [0.15, 0.2) is 24.3 Å². The predicted molar refractivity (Wildman–Crippen MR) is 71.1 cm³/mol. The fourth-order valence-electron chi connectivity index (χ4n) is 1.48. The van der Waals surface area contributed by atoms with Crippen LogP contribution < -0.4 is 5.32 Å². The van der Waals surface area contributed by atoms with Crippen LogP contribution in [0.5, 0.6) is 0 Å². The number of nitrogens with zero attached hydrogens (tertiary/aromatic N) is 1. The van der Waals surface area contributed by atoms with Gasteiger partial charge in [0.05, 0.1) is 6.54 Å². The Labute approximate surface area is 108 Å². The zero-order chi connectivity index (χ0) is 12.7. The molecular weight excluding hydrogens is 236 g/mol. The molecular formula is C13H19ClN2O. The topological polar surface area (TPSA) is 32.3 Å². The van der Waals surface area contributed by atoms with Crippen molar-refractivity contribution in [1.29, 1.82) is 0 Å². The number of hydrogen-bond donors (Lipinski definition) is 1. The van der Waals surface area contributed by atoms with E-state index in [4.69, 9.17) is 11.6 Å². The Kier molecular flexibility index (Phi) is 6.01. The van der Waals surface area contributed by atoms with E-state index in [2.05, 4.69) is 12.2 Å². The second-order valence-corrected chi connectivity index (χ2v) is 4.43. The number of carbonyl (C=O) groups is 1. The van der Waals surface area contributed by atoms with Crippen LogP contribution in [0.4, 0.5) is 0 Å². The molecule has 0 atom stereocenters. The van der Waals surface area contributed by atoms with Crippen molar-refractivity contribution in [2.45, 2.75) is 19.9 Å². The molecule has 3 nitrogen and oxygen atoms in total. The van der Waals surface area contributed by atoms with Crippen molar-refractivity contribution in [3.63, 3.8) is 0 Å². The molecule has 0 saturated carbocycles. The summed E-state index contributed by atoms with van der Waals surface area (Å²) in [4.78, 5) is 13.4. The molecule has 0 bridgehead atoms. The van der Waals surface area contributed by atoms with E-state index in [1.165, 1.54) is 0 Å². The molecule has 1 amide bonds. The van der Waals surface area contributed by atoms with Gasteiger partial charge in [0.15, 0.2) is 0 Å². The van der Waals surface area contributed by atoms with Crippen molar-refractivity contribution >= 4 is 17.5 Å². The molecule has 0 saturated heterocycles. The standard InChI is InChI=1S/C13H19ClN2O/c1-3-8-15-9-13(17)16(2)10-11-6-4-5-7-12(11)14/h4-7,15H,3,8-10H2,1-2H3. The Morgan fingerprint density at radius 2 is 2.12 bits per heavy atom. The number of likely N-dealkylation sites (N-methyl/N-ethyl adjacent to an activating group) is 1. The highest BCUT2D eigenvalue weighted by molar-refractivity contribution is 6.31. The predicted octanol–water partition coefficient (Wildman–Crippen LogP) is 2.30. The fourth-order valence-corrected chi connectivity index (χ4v) is 1.67. The summed E-state index contributed by atoms with van der Waals surface area (Å²) in [6, 6.07) is 7.58. The van der Waals surface area contributed by atoms with Gasteiger partial charge in [-0.1, -0.05) is 36.7 Å². The van der Waals surface area contributed by atoms with E-state index in [0.29, 0.717) is 18.1 Å². The van der Waals surface area contributed by atoms with Crippen LogP contribution in [0.3, 0.4) is 0 Å². The van der Waals surface area contributed by atoms with Gasteiger partial charge in [0, 0.05) is 18.6 Å². The fraction of sp³-hybridized carbons (Fsp3) is 0.462. The Morgan fingerprint density at radius 1 is 1.41 bits per heavy atom. The third-order valence-corrected chi connectivity index (χ3v) is 2.86. The van der Waals surface area contributed by atoms with Gasteiger partial charge in [0.1, 0.15) is 0 Å². The van der Waals surface area contributed by atoms with Crippen molar-refractivity contribution in [3.8, 4) is 0 Å². The maximum absolute atomic E-state index is 11.8. The lowest BCUT2D eigenvalue weighted by molar-refractivity contribution is -0.129. The molecule has 0 aliphatic carbocycles. The van der Waals surface area contributed by atoms with E-state index in [1.807, 2.05) is 24.3 Å². The molecule has 1 N–H and O–H groups in total. The van der Waals surface area contributed by atoms with Crippen molar-refractivity contribution in [2.24, 2.45) is 0 Å². The monoisotopic (exact) mass is 254 g/mol. The van der Waals surface area contributed by atoms with E-state index < -0.39 is 0 Å². The number of rotatable bonds is 6. The molecule has 1 rings (SSSR count). The summed E-state index contributed by atoms with van der Waals surface area (Å²) in [5.74, 6) is 0.0818. The third kappa shape index (κ3) is 4.75. The molecule has 17 heavy (non-hydrogen) atoms. The molecule has 1 aromatic rings. The molecule has 0 spiro atoms. The van der Waals surface area contributed by atoms with Crippen LogP contribution in [0.2, 0.25) is 5.02 Å². The maximum atomic E-state index is 11.8. The quantitative estimate of drug-likeness (QED) is 0.790. The van der Waals surface area contributed by atoms with Gasteiger partial charge >= 0.3 is 0 Å². The maximum Gasteiger partial charge on any atom is 0.236 e. The number of hydrogen-bond acceptors (Lipinski definition) is 2. The summed E-state index contributed by atoms with van der Waals surface area (Å²) in [5.41, 5.74) is 0.973. The number of benzene rings is 1. The average Bonchev–Trinajstić information content (AvgIpc) is 2.32. The first-order chi connectivity index (χ1) is 8.15. The van der Waals surface area contributed by atoms with Gasteiger partial charge in [-0.2, -0.15) is 0 Å². The smallest absolute Gasteiger partial charge is 0.236 e. The van der Waals surface area contributed by atoms with Gasteiger partial charge in [0.2, 0.25) is 5.91 Å². The van der Waals surface area contributed by atoms with Crippen LogP contribution in [-0.2, 0) is 11.3 Å². The summed E-state index contributed by atoms with van der Waals surface area (Å²) in [5, 5.41) is 3.79. The summed E-state index contributed by atoms with van der Waals surface area (Å²) >= 11 is 6.05. The lowest BCUT2D eigenvalue weighted by atomic mass is 10.2. The molecule has 0 aliphatic heterocycles. The highest BCUT2D eigenvalue weighted by Crippen LogP contribution is 2.16. The van der Waals surface area contributed by atoms with Gasteiger partial charge in [-0.15, -0.1) is 0 Å². The highest BCUT2D eigenvalue weighted by Gasteiger charge is 2.09. The molecule has 0 radical (unpaired) electrons. The first-order valence-electron chi connectivity index (χ1n) is 5.83. The molecule has 0 aromatic heterocycles. The van der Waals surface area contributed by atoms with Crippen LogP contribution in [-0.4, -0.2) is 30.9 Å². The Hall–Kier alpha value is -1.06. The molecule has 94 valence electrons. The van der Waals surface area contributed by atoms with Gasteiger partial charge in [-0.05, 0) is 24.6 Å². The lowest BCUT2D eigenvalue weighted by Crippen LogP contribution is -2.35. The molecule has 0 fully saturated rings. The minimum atomic E-state index is 0.0818. The van der Waals surface area contributed by atoms with Crippen LogP contribution >= 0.6 is 11.6 Å². The summed E-state index contributed by atoms with van der Waals surface area (Å²) in [6.45, 7) is 3.87. The van der Waals surface area contributed by atoms with Crippen molar-refractivity contribution in [1.82, 2.24) is 10.2 Å². The lowest BCUT2D eigenvalue weighted by Gasteiger charge is -2.18. The van der Waals surface area contributed by atoms with Gasteiger partial charge < -0.3 is 10.2 Å². The SMILES string of the molecule is CCCNCC(=O)N(C)Cc1ccccc1Cl. The van der Waals surface area contributed by atoms with Crippen LogP contribution in [0.25, 0.3) is 0 Å². The number of nitrogens with one attached hydrogen (secondary N) is 1. The average molecular weight is 255 g/mol. The van der Waals surface area contributed by atoms with Gasteiger partial charge in [0.25, 0.3) is 0 Å². The second kappa shape index (κ2) is 7.30. The van der Waals surface area contributed by atoms with E-state index >= 15 is 0 Å². The minimum Gasteiger partial charge on any atom is -0.340 e.